The highest BCUT2D eigenvalue weighted by atomic mass is 32.2. The molecule has 16 heavy (non-hydrogen) atoms. The minimum Gasteiger partial charge on any atom is -0.493 e. The molecule has 0 aliphatic heterocycles. The molecule has 0 fully saturated rings. The Morgan fingerprint density at radius 2 is 2.06 bits per heavy atom. The Hall–Kier alpha value is -1.47. The van der Waals surface area contributed by atoms with Crippen molar-refractivity contribution in [2.45, 2.75) is 6.92 Å². The summed E-state index contributed by atoms with van der Waals surface area (Å²) in [5.74, 6) is 0.987. The van der Waals surface area contributed by atoms with E-state index < -0.39 is 10.2 Å². The third-order valence-electron chi connectivity index (χ3n) is 1.72. The number of rotatable bonds is 5. The lowest BCUT2D eigenvalue weighted by molar-refractivity contribution is 0.311. The summed E-state index contributed by atoms with van der Waals surface area (Å²) in [6.07, 6.45) is 0. The predicted octanol–water partition coefficient (Wildman–Crippen LogP) is 0.709. The minimum absolute atomic E-state index is 0.322. The molecule has 0 saturated heterocycles. The Bertz CT molecular complexity index is 459. The summed E-state index contributed by atoms with van der Waals surface area (Å²) in [5.41, 5.74) is 0.322. The van der Waals surface area contributed by atoms with Crippen molar-refractivity contribution in [2.75, 3.05) is 18.4 Å². The molecular weight excluding hydrogens is 232 g/mol. The lowest BCUT2D eigenvalue weighted by Crippen LogP contribution is -2.21. The largest absolute Gasteiger partial charge is 0.493 e. The second-order valence-corrected chi connectivity index (χ2v) is 4.24. The molecule has 0 aliphatic rings. The van der Waals surface area contributed by atoms with Gasteiger partial charge in [0.1, 0.15) is 0 Å². The number of nitrogens with two attached hydrogens (primary N) is 1. The molecule has 1 rings (SSSR count). The highest BCUT2D eigenvalue weighted by Crippen LogP contribution is 2.30. The molecule has 1 aromatic rings. The number of anilines is 1. The number of nitrogens with one attached hydrogen (secondary N) is 1. The van der Waals surface area contributed by atoms with E-state index in [1.54, 1.807) is 6.07 Å². The molecule has 0 spiro atoms. The molecule has 1 aromatic carbocycles. The first kappa shape index (κ1) is 12.6. The van der Waals surface area contributed by atoms with Crippen LogP contribution in [-0.4, -0.2) is 22.1 Å². The molecule has 0 bridgehead atoms. The van der Waals surface area contributed by atoms with E-state index in [0.717, 1.165) is 0 Å². The quantitative estimate of drug-likeness (QED) is 0.800. The Morgan fingerprint density at radius 1 is 1.38 bits per heavy atom. The molecule has 0 amide bonds. The summed E-state index contributed by atoms with van der Waals surface area (Å²) >= 11 is 0. The summed E-state index contributed by atoms with van der Waals surface area (Å²) < 4.78 is 34.1. The van der Waals surface area contributed by atoms with E-state index in [9.17, 15) is 8.42 Å². The average molecular weight is 246 g/mol. The SMILES string of the molecule is CCOc1ccc(NS(N)(=O)=O)cc1OC. The molecule has 90 valence electrons. The van der Waals surface area contributed by atoms with Crippen LogP contribution in [0, 0.1) is 0 Å². The van der Waals surface area contributed by atoms with Gasteiger partial charge in [0.25, 0.3) is 10.2 Å². The Kier molecular flexibility index (Phi) is 3.97. The average Bonchev–Trinajstić information content (AvgIpc) is 2.18. The van der Waals surface area contributed by atoms with E-state index in [0.29, 0.717) is 23.8 Å². The monoisotopic (exact) mass is 246 g/mol. The van der Waals surface area contributed by atoms with E-state index in [2.05, 4.69) is 4.72 Å². The summed E-state index contributed by atoms with van der Waals surface area (Å²) in [6, 6.07) is 4.64. The van der Waals surface area contributed by atoms with Crippen LogP contribution in [-0.2, 0) is 10.2 Å². The highest BCUT2D eigenvalue weighted by Gasteiger charge is 2.08. The van der Waals surface area contributed by atoms with Gasteiger partial charge in [0.05, 0.1) is 19.4 Å². The van der Waals surface area contributed by atoms with Gasteiger partial charge in [-0.15, -0.1) is 0 Å². The lowest BCUT2D eigenvalue weighted by atomic mass is 10.3. The topological polar surface area (TPSA) is 90.6 Å². The van der Waals surface area contributed by atoms with Crippen LogP contribution in [0.4, 0.5) is 5.69 Å². The van der Waals surface area contributed by atoms with E-state index in [-0.39, 0.29) is 0 Å². The van der Waals surface area contributed by atoms with Gasteiger partial charge < -0.3 is 9.47 Å². The first-order chi connectivity index (χ1) is 7.46. The maximum absolute atomic E-state index is 10.8. The summed E-state index contributed by atoms with van der Waals surface area (Å²) in [7, 11) is -2.30. The Labute approximate surface area is 94.5 Å². The van der Waals surface area contributed by atoms with Gasteiger partial charge in [0.2, 0.25) is 0 Å². The van der Waals surface area contributed by atoms with E-state index in [1.807, 2.05) is 6.92 Å². The maximum Gasteiger partial charge on any atom is 0.296 e. The van der Waals surface area contributed by atoms with Crippen molar-refractivity contribution in [3.05, 3.63) is 18.2 Å². The van der Waals surface area contributed by atoms with Crippen LogP contribution in [0.15, 0.2) is 18.2 Å². The van der Waals surface area contributed by atoms with Gasteiger partial charge in [-0.05, 0) is 19.1 Å². The molecule has 3 N–H and O–H groups in total. The molecule has 0 aromatic heterocycles. The van der Waals surface area contributed by atoms with Crippen molar-refractivity contribution < 1.29 is 17.9 Å². The molecule has 6 nitrogen and oxygen atoms in total. The summed E-state index contributed by atoms with van der Waals surface area (Å²) in [4.78, 5) is 0. The van der Waals surface area contributed by atoms with Crippen molar-refractivity contribution in [3.63, 3.8) is 0 Å². The van der Waals surface area contributed by atoms with Crippen molar-refractivity contribution in [2.24, 2.45) is 5.14 Å². The van der Waals surface area contributed by atoms with Crippen molar-refractivity contribution >= 4 is 15.9 Å². The number of ether oxygens (including phenoxy) is 2. The fourth-order valence-electron chi connectivity index (χ4n) is 1.17. The number of hydrogen-bond acceptors (Lipinski definition) is 4. The third kappa shape index (κ3) is 3.59. The smallest absolute Gasteiger partial charge is 0.296 e. The normalized spacial score (nSPS) is 10.9. The number of methoxy groups -OCH3 is 1. The molecule has 0 saturated carbocycles. The second kappa shape index (κ2) is 5.04. The molecule has 7 heteroatoms. The summed E-state index contributed by atoms with van der Waals surface area (Å²) in [6.45, 7) is 2.34. The standard InChI is InChI=1S/C9H14N2O4S/c1-3-15-8-5-4-7(6-9(8)14-2)11-16(10,12)13/h4-6,11H,3H2,1-2H3,(H2,10,12,13). The Morgan fingerprint density at radius 3 is 2.56 bits per heavy atom. The molecule has 0 unspecified atom stereocenters. The maximum atomic E-state index is 10.8. The first-order valence-electron chi connectivity index (χ1n) is 4.57. The molecule has 0 heterocycles. The van der Waals surface area contributed by atoms with Gasteiger partial charge in [-0.2, -0.15) is 8.42 Å². The van der Waals surface area contributed by atoms with Gasteiger partial charge in [-0.1, -0.05) is 0 Å². The van der Waals surface area contributed by atoms with Crippen molar-refractivity contribution in [3.8, 4) is 11.5 Å². The zero-order valence-electron chi connectivity index (χ0n) is 9.06. The van der Waals surface area contributed by atoms with Gasteiger partial charge in [0.15, 0.2) is 11.5 Å². The number of benzene rings is 1. The molecule has 0 aliphatic carbocycles. The first-order valence-corrected chi connectivity index (χ1v) is 6.12. The van der Waals surface area contributed by atoms with Crippen molar-refractivity contribution in [1.82, 2.24) is 0 Å². The van der Waals surface area contributed by atoms with Crippen LogP contribution < -0.4 is 19.3 Å². The van der Waals surface area contributed by atoms with Gasteiger partial charge in [-0.25, -0.2) is 5.14 Å². The van der Waals surface area contributed by atoms with Crippen LogP contribution >= 0.6 is 0 Å². The zero-order valence-corrected chi connectivity index (χ0v) is 9.87. The fourth-order valence-corrected chi connectivity index (χ4v) is 1.63. The summed E-state index contributed by atoms with van der Waals surface area (Å²) in [5, 5.41) is 4.84. The van der Waals surface area contributed by atoms with Gasteiger partial charge >= 0.3 is 0 Å². The van der Waals surface area contributed by atoms with Gasteiger partial charge in [-0.3, -0.25) is 4.72 Å². The predicted molar refractivity (Wildman–Crippen MR) is 60.9 cm³/mol. The van der Waals surface area contributed by atoms with Crippen LogP contribution in [0.5, 0.6) is 11.5 Å². The molecule has 0 atom stereocenters. The van der Waals surface area contributed by atoms with Crippen molar-refractivity contribution in [1.29, 1.82) is 0 Å². The highest BCUT2D eigenvalue weighted by molar-refractivity contribution is 7.90. The number of hydrogen-bond donors (Lipinski definition) is 2. The zero-order chi connectivity index (χ0) is 12.2. The van der Waals surface area contributed by atoms with E-state index in [4.69, 9.17) is 14.6 Å². The van der Waals surface area contributed by atoms with E-state index in [1.165, 1.54) is 19.2 Å². The fraction of sp³-hybridized carbons (Fsp3) is 0.333. The van der Waals surface area contributed by atoms with Crippen LogP contribution in [0.1, 0.15) is 6.92 Å². The van der Waals surface area contributed by atoms with Gasteiger partial charge in [0, 0.05) is 6.07 Å². The minimum atomic E-state index is -3.77. The molecular formula is C9H14N2O4S. The van der Waals surface area contributed by atoms with Crippen LogP contribution in [0.25, 0.3) is 0 Å². The lowest BCUT2D eigenvalue weighted by Gasteiger charge is -2.11. The second-order valence-electron chi connectivity index (χ2n) is 2.95. The van der Waals surface area contributed by atoms with Crippen LogP contribution in [0.2, 0.25) is 0 Å². The Balaban J connectivity index is 2.99. The molecule has 0 radical (unpaired) electrons. The van der Waals surface area contributed by atoms with E-state index >= 15 is 0 Å². The van der Waals surface area contributed by atoms with Crippen LogP contribution in [0.3, 0.4) is 0 Å². The third-order valence-corrected chi connectivity index (χ3v) is 2.24.